The van der Waals surface area contributed by atoms with Crippen molar-refractivity contribution in [2.45, 2.75) is 51.9 Å². The number of rotatable bonds is 9. The fourth-order valence-corrected chi connectivity index (χ4v) is 3.92. The molecule has 0 saturated heterocycles. The first kappa shape index (κ1) is 35.4. The lowest BCUT2D eigenvalue weighted by Crippen LogP contribution is -2.75. The lowest BCUT2D eigenvalue weighted by Gasteiger charge is -2.42. The molecule has 40 heavy (non-hydrogen) atoms. The van der Waals surface area contributed by atoms with Crippen molar-refractivity contribution < 1.29 is 105 Å². The first-order chi connectivity index (χ1) is 17.2. The van der Waals surface area contributed by atoms with Gasteiger partial charge < -0.3 is 0 Å². The second-order valence-electron chi connectivity index (χ2n) is 7.08. The number of hydrogen-bond donors (Lipinski definition) is 0. The summed E-state index contributed by atoms with van der Waals surface area (Å²) in [6.07, 6.45) is -9.66. The Labute approximate surface area is 203 Å². The fourth-order valence-electron chi connectivity index (χ4n) is 2.44. The maximum Gasteiger partial charge on any atom is 0.460 e. The van der Waals surface area contributed by atoms with Gasteiger partial charge in [0.1, 0.15) is 4.90 Å². The van der Waals surface area contributed by atoms with Crippen LogP contribution in [0.4, 0.5) is 92.2 Å². The maximum absolute atomic E-state index is 14.1. The van der Waals surface area contributed by atoms with Crippen molar-refractivity contribution in [2.75, 3.05) is 0 Å². The van der Waals surface area contributed by atoms with E-state index in [1.807, 2.05) is 0 Å². The third-order valence-electron chi connectivity index (χ3n) is 4.68. The largest absolute Gasteiger partial charge is 0.460 e. The highest BCUT2D eigenvalue weighted by Crippen LogP contribution is 2.64. The number of carbonyl (C=O) groups is 1. The predicted octanol–water partition coefficient (Wildman–Crippen LogP) is 6.80. The van der Waals surface area contributed by atoms with Gasteiger partial charge in [0.05, 0.1) is 5.56 Å². The van der Waals surface area contributed by atoms with Crippen LogP contribution in [0.15, 0.2) is 4.90 Å². The van der Waals surface area contributed by atoms with Gasteiger partial charge in [0.15, 0.2) is 29.6 Å². The SMILES string of the molecule is O=Cc1c(F)c(F)c(F)c(F)c1S(=O)(=O)C(F)(F)C(F)(F)C(F)(F)C(F)(F)C(F)(F)C(F)(F)C(F)(F)C(F)(F)F. The van der Waals surface area contributed by atoms with Crippen molar-refractivity contribution in [2.24, 2.45) is 0 Å². The summed E-state index contributed by atoms with van der Waals surface area (Å²) in [5.41, 5.74) is -3.09. The summed E-state index contributed by atoms with van der Waals surface area (Å²) in [7, 11) is -8.62. The van der Waals surface area contributed by atoms with Crippen molar-refractivity contribution >= 4 is 16.1 Å². The van der Waals surface area contributed by atoms with Gasteiger partial charge in [0.25, 0.3) is 9.84 Å². The quantitative estimate of drug-likeness (QED) is 0.0964. The molecular formula is C15HF21O3S. The summed E-state index contributed by atoms with van der Waals surface area (Å²) in [5, 5.41) is -8.43. The molecule has 0 atom stereocenters. The lowest BCUT2D eigenvalue weighted by molar-refractivity contribution is -0.458. The molecule has 0 bridgehead atoms. The molecule has 1 rings (SSSR count). The molecule has 3 nitrogen and oxygen atoms in total. The minimum Gasteiger partial charge on any atom is -0.298 e. The zero-order chi connectivity index (χ0) is 32.7. The Kier molecular flexibility index (Phi) is 8.13. The van der Waals surface area contributed by atoms with E-state index >= 15 is 0 Å². The standard InChI is InChI=1S/C15HF21O3S/c16-3-2(1-37)7(6(19)5(18)4(3)17)40(38,39)15(35,36)13(30,31)11(26,27)9(22,23)8(20,21)10(24,25)12(28,29)14(32,33)34/h1H. The molecule has 0 aliphatic carbocycles. The molecule has 0 spiro atoms. The van der Waals surface area contributed by atoms with E-state index < -0.39 is 96.8 Å². The fraction of sp³-hybridized carbons (Fsp3) is 0.533. The molecule has 1 aromatic carbocycles. The summed E-state index contributed by atoms with van der Waals surface area (Å²) < 4.78 is 303. The molecule has 0 heterocycles. The van der Waals surface area contributed by atoms with E-state index in [1.165, 1.54) is 0 Å². The van der Waals surface area contributed by atoms with E-state index in [-0.39, 0.29) is 0 Å². The average molecular weight is 660 g/mol. The third kappa shape index (κ3) is 4.07. The van der Waals surface area contributed by atoms with E-state index in [0.29, 0.717) is 0 Å². The van der Waals surface area contributed by atoms with Crippen LogP contribution in [-0.2, 0) is 9.84 Å². The number of halogens is 21. The Bertz CT molecular complexity index is 1290. The summed E-state index contributed by atoms with van der Waals surface area (Å²) in [4.78, 5) is 6.78. The van der Waals surface area contributed by atoms with Crippen molar-refractivity contribution in [3.8, 4) is 0 Å². The molecule has 25 heteroatoms. The molecule has 0 radical (unpaired) electrons. The lowest BCUT2D eigenvalue weighted by atomic mass is 9.91. The molecule has 0 aromatic heterocycles. The van der Waals surface area contributed by atoms with Gasteiger partial charge in [-0.2, -0.15) is 74.6 Å². The molecule has 1 aromatic rings. The highest BCUT2D eigenvalue weighted by atomic mass is 32.2. The van der Waals surface area contributed by atoms with Gasteiger partial charge in [-0.15, -0.1) is 0 Å². The molecule has 0 aliphatic rings. The van der Waals surface area contributed by atoms with Crippen molar-refractivity contribution in [1.29, 1.82) is 0 Å². The van der Waals surface area contributed by atoms with Gasteiger partial charge in [-0.1, -0.05) is 0 Å². The van der Waals surface area contributed by atoms with E-state index in [0.717, 1.165) is 0 Å². The predicted molar refractivity (Wildman–Crippen MR) is 79.5 cm³/mol. The van der Waals surface area contributed by atoms with Crippen LogP contribution >= 0.6 is 0 Å². The topological polar surface area (TPSA) is 51.2 Å². The second-order valence-corrected chi connectivity index (χ2v) is 9.01. The normalized spacial score (nSPS) is 15.4. The van der Waals surface area contributed by atoms with Crippen LogP contribution in [0, 0.1) is 23.3 Å². The molecule has 0 amide bonds. The van der Waals surface area contributed by atoms with Gasteiger partial charge in [-0.3, -0.25) is 4.79 Å². The van der Waals surface area contributed by atoms with Crippen LogP contribution in [0.25, 0.3) is 0 Å². The Morgan fingerprint density at radius 1 is 0.450 bits per heavy atom. The Balaban J connectivity index is 4.07. The Morgan fingerprint density at radius 3 is 1.07 bits per heavy atom. The zero-order valence-electron chi connectivity index (χ0n) is 17.1. The number of carbonyl (C=O) groups excluding carboxylic acids is 1. The van der Waals surface area contributed by atoms with E-state index in [4.69, 9.17) is 0 Å². The van der Waals surface area contributed by atoms with Crippen LogP contribution in [-0.4, -0.2) is 61.7 Å². The summed E-state index contributed by atoms with van der Waals surface area (Å²) in [5.74, 6) is -68.0. The number of aldehydes is 1. The van der Waals surface area contributed by atoms with Crippen LogP contribution in [0.5, 0.6) is 0 Å². The van der Waals surface area contributed by atoms with E-state index in [1.54, 1.807) is 0 Å². The number of hydrogen-bond acceptors (Lipinski definition) is 3. The van der Waals surface area contributed by atoms with Gasteiger partial charge in [-0.25, -0.2) is 26.0 Å². The zero-order valence-corrected chi connectivity index (χ0v) is 18.0. The van der Waals surface area contributed by atoms with Crippen molar-refractivity contribution in [3.63, 3.8) is 0 Å². The Morgan fingerprint density at radius 2 is 0.750 bits per heavy atom. The summed E-state index contributed by atoms with van der Waals surface area (Å²) in [6.45, 7) is 0. The van der Waals surface area contributed by atoms with Crippen LogP contribution < -0.4 is 0 Å². The molecule has 0 unspecified atom stereocenters. The molecule has 0 aliphatic heterocycles. The smallest absolute Gasteiger partial charge is 0.298 e. The van der Waals surface area contributed by atoms with Crippen molar-refractivity contribution in [1.82, 2.24) is 0 Å². The van der Waals surface area contributed by atoms with E-state index in [2.05, 4.69) is 0 Å². The van der Waals surface area contributed by atoms with Crippen LogP contribution in [0.2, 0.25) is 0 Å². The average Bonchev–Trinajstić information content (AvgIpc) is 2.77. The van der Waals surface area contributed by atoms with Gasteiger partial charge in [-0.05, 0) is 0 Å². The first-order valence-corrected chi connectivity index (χ1v) is 9.97. The molecule has 0 N–H and O–H groups in total. The highest BCUT2D eigenvalue weighted by Gasteiger charge is 2.96. The monoisotopic (exact) mass is 660 g/mol. The van der Waals surface area contributed by atoms with Gasteiger partial charge >= 0.3 is 47.0 Å². The van der Waals surface area contributed by atoms with Gasteiger partial charge in [0, 0.05) is 0 Å². The third-order valence-corrected chi connectivity index (χ3v) is 6.54. The first-order valence-electron chi connectivity index (χ1n) is 8.48. The van der Waals surface area contributed by atoms with Crippen LogP contribution in [0.1, 0.15) is 10.4 Å². The summed E-state index contributed by atoms with van der Waals surface area (Å²) >= 11 is 0. The van der Waals surface area contributed by atoms with E-state index in [9.17, 15) is 105 Å². The highest BCUT2D eigenvalue weighted by molar-refractivity contribution is 7.92. The minimum atomic E-state index is -9.23. The van der Waals surface area contributed by atoms with Gasteiger partial charge in [0.2, 0.25) is 0 Å². The maximum atomic E-state index is 14.1. The molecular weight excluding hydrogens is 659 g/mol. The molecule has 0 fully saturated rings. The molecule has 232 valence electrons. The number of benzene rings is 1. The second kappa shape index (κ2) is 9.19. The van der Waals surface area contributed by atoms with Crippen molar-refractivity contribution in [3.05, 3.63) is 28.8 Å². The minimum absolute atomic E-state index is 1.61. The number of alkyl halides is 17. The van der Waals surface area contributed by atoms with Crippen LogP contribution in [0.3, 0.4) is 0 Å². The number of sulfone groups is 1. The Hall–Kier alpha value is -2.63. The molecule has 0 saturated carbocycles. The summed E-state index contributed by atoms with van der Waals surface area (Å²) in [6, 6.07) is 0.